The smallest absolute Gasteiger partial charge is 0.272 e. The Morgan fingerprint density at radius 1 is 1.25 bits per heavy atom. The van der Waals surface area contributed by atoms with E-state index in [9.17, 15) is 9.59 Å². The van der Waals surface area contributed by atoms with Crippen LogP contribution in [0.15, 0.2) is 30.3 Å². The zero-order chi connectivity index (χ0) is 17.1. The van der Waals surface area contributed by atoms with Gasteiger partial charge in [-0.3, -0.25) is 14.7 Å². The number of nitrogens with one attached hydrogen (secondary N) is 2. The third-order valence-electron chi connectivity index (χ3n) is 4.47. The number of aromatic nitrogens is 2. The summed E-state index contributed by atoms with van der Waals surface area (Å²) in [5, 5.41) is 9.72. The summed E-state index contributed by atoms with van der Waals surface area (Å²) in [4.78, 5) is 26.5. The van der Waals surface area contributed by atoms with Gasteiger partial charge in [-0.1, -0.05) is 29.8 Å². The molecule has 0 radical (unpaired) electrons. The van der Waals surface area contributed by atoms with Gasteiger partial charge in [-0.25, -0.2) is 0 Å². The molecule has 2 heterocycles. The standard InChI is InChI=1S/C18H22N4O2/c1-12-6-8-13(9-7-12)14-11-15(21-20-14)18(24)22-10-4-3-5-16(22)17(23)19-2/h6-9,11,16H,3-5,10H2,1-2H3,(H,19,23)(H,20,21). The average Bonchev–Trinajstić information content (AvgIpc) is 3.11. The highest BCUT2D eigenvalue weighted by Gasteiger charge is 2.32. The molecule has 2 aromatic rings. The SMILES string of the molecule is CNC(=O)C1CCCCN1C(=O)c1cc(-c2ccc(C)cc2)n[nH]1. The van der Waals surface area contributed by atoms with Gasteiger partial charge in [0.05, 0.1) is 5.69 Å². The van der Waals surface area contributed by atoms with E-state index in [2.05, 4.69) is 15.5 Å². The Morgan fingerprint density at radius 2 is 2.00 bits per heavy atom. The van der Waals surface area contributed by atoms with Crippen LogP contribution in [-0.4, -0.2) is 46.5 Å². The summed E-state index contributed by atoms with van der Waals surface area (Å²) in [6, 6.07) is 9.34. The van der Waals surface area contributed by atoms with Crippen LogP contribution < -0.4 is 5.32 Å². The van der Waals surface area contributed by atoms with Gasteiger partial charge < -0.3 is 10.2 Å². The molecule has 2 N–H and O–H groups in total. The summed E-state index contributed by atoms with van der Waals surface area (Å²) in [6.07, 6.45) is 2.57. The molecule has 126 valence electrons. The largest absolute Gasteiger partial charge is 0.357 e. The van der Waals surface area contributed by atoms with E-state index in [1.165, 1.54) is 5.56 Å². The first-order valence-electron chi connectivity index (χ1n) is 8.25. The number of carbonyl (C=O) groups is 2. The minimum absolute atomic E-state index is 0.110. The van der Waals surface area contributed by atoms with E-state index < -0.39 is 6.04 Å². The molecule has 1 fully saturated rings. The molecule has 6 heteroatoms. The number of H-pyrrole nitrogens is 1. The van der Waals surface area contributed by atoms with E-state index in [-0.39, 0.29) is 11.8 Å². The van der Waals surface area contributed by atoms with Crippen LogP contribution in [0.25, 0.3) is 11.3 Å². The lowest BCUT2D eigenvalue weighted by molar-refractivity contribution is -0.126. The van der Waals surface area contributed by atoms with Crippen molar-refractivity contribution in [1.82, 2.24) is 20.4 Å². The van der Waals surface area contributed by atoms with Gasteiger partial charge in [-0.2, -0.15) is 5.10 Å². The number of nitrogens with zero attached hydrogens (tertiary/aromatic N) is 2. The number of hydrogen-bond acceptors (Lipinski definition) is 3. The molecule has 1 aromatic carbocycles. The third-order valence-corrected chi connectivity index (χ3v) is 4.47. The van der Waals surface area contributed by atoms with Gasteiger partial charge in [0, 0.05) is 19.2 Å². The second-order valence-corrected chi connectivity index (χ2v) is 6.16. The van der Waals surface area contributed by atoms with Crippen LogP contribution in [0.5, 0.6) is 0 Å². The van der Waals surface area contributed by atoms with Crippen LogP contribution in [-0.2, 0) is 4.79 Å². The van der Waals surface area contributed by atoms with Crippen LogP contribution in [0.4, 0.5) is 0 Å². The number of hydrogen-bond donors (Lipinski definition) is 2. The van der Waals surface area contributed by atoms with Gasteiger partial charge in [0.25, 0.3) is 5.91 Å². The van der Waals surface area contributed by atoms with Gasteiger partial charge in [0.1, 0.15) is 11.7 Å². The number of likely N-dealkylation sites (tertiary alicyclic amines) is 1. The predicted octanol–water partition coefficient (Wildman–Crippen LogP) is 2.13. The van der Waals surface area contributed by atoms with Gasteiger partial charge in [0.15, 0.2) is 0 Å². The first kappa shape index (κ1) is 16.2. The average molecular weight is 326 g/mol. The van der Waals surface area contributed by atoms with Crippen LogP contribution in [0.3, 0.4) is 0 Å². The molecule has 1 unspecified atom stereocenters. The van der Waals surface area contributed by atoms with Crippen LogP contribution in [0, 0.1) is 6.92 Å². The maximum absolute atomic E-state index is 12.8. The molecule has 3 rings (SSSR count). The van der Waals surface area contributed by atoms with E-state index in [0.717, 1.165) is 24.1 Å². The van der Waals surface area contributed by atoms with E-state index >= 15 is 0 Å². The molecule has 6 nitrogen and oxygen atoms in total. The molecule has 1 saturated heterocycles. The highest BCUT2D eigenvalue weighted by atomic mass is 16.2. The second kappa shape index (κ2) is 6.86. The quantitative estimate of drug-likeness (QED) is 0.907. The van der Waals surface area contributed by atoms with Crippen LogP contribution >= 0.6 is 0 Å². The molecule has 0 aliphatic carbocycles. The summed E-state index contributed by atoms with van der Waals surface area (Å²) >= 11 is 0. The van der Waals surface area contributed by atoms with Crippen molar-refractivity contribution in [3.8, 4) is 11.3 Å². The summed E-state index contributed by atoms with van der Waals surface area (Å²) in [5.74, 6) is -0.282. The number of piperidine rings is 1. The summed E-state index contributed by atoms with van der Waals surface area (Å²) < 4.78 is 0. The number of benzene rings is 1. The Bertz CT molecular complexity index is 736. The van der Waals surface area contributed by atoms with Crippen molar-refractivity contribution in [3.05, 3.63) is 41.6 Å². The zero-order valence-electron chi connectivity index (χ0n) is 14.0. The van der Waals surface area contributed by atoms with Crippen LogP contribution in [0.2, 0.25) is 0 Å². The maximum Gasteiger partial charge on any atom is 0.272 e. The normalized spacial score (nSPS) is 17.6. The Morgan fingerprint density at radius 3 is 2.71 bits per heavy atom. The predicted molar refractivity (Wildman–Crippen MR) is 91.5 cm³/mol. The van der Waals surface area contributed by atoms with Gasteiger partial charge in [-0.05, 0) is 32.3 Å². The highest BCUT2D eigenvalue weighted by molar-refractivity contribution is 5.97. The molecule has 24 heavy (non-hydrogen) atoms. The second-order valence-electron chi connectivity index (χ2n) is 6.16. The zero-order valence-corrected chi connectivity index (χ0v) is 14.0. The van der Waals surface area contributed by atoms with Crippen molar-refractivity contribution >= 4 is 11.8 Å². The first-order chi connectivity index (χ1) is 11.6. The minimum atomic E-state index is -0.401. The molecule has 1 aliphatic heterocycles. The van der Waals surface area contributed by atoms with Gasteiger partial charge in [-0.15, -0.1) is 0 Å². The number of carbonyl (C=O) groups excluding carboxylic acids is 2. The Hall–Kier alpha value is -2.63. The molecule has 1 atom stereocenters. The van der Waals surface area contributed by atoms with E-state index in [0.29, 0.717) is 18.7 Å². The van der Waals surface area contributed by atoms with Crippen molar-refractivity contribution in [1.29, 1.82) is 0 Å². The highest BCUT2D eigenvalue weighted by Crippen LogP contribution is 2.22. The molecule has 1 aliphatic rings. The molecular weight excluding hydrogens is 304 g/mol. The fourth-order valence-electron chi connectivity index (χ4n) is 3.07. The molecule has 1 aromatic heterocycles. The van der Waals surface area contributed by atoms with Crippen molar-refractivity contribution in [2.75, 3.05) is 13.6 Å². The number of rotatable bonds is 3. The molecular formula is C18H22N4O2. The van der Waals surface area contributed by atoms with E-state index in [4.69, 9.17) is 0 Å². The summed E-state index contributed by atoms with van der Waals surface area (Å²) in [5.41, 5.74) is 3.28. The topological polar surface area (TPSA) is 78.1 Å². The molecule has 2 amide bonds. The molecule has 0 saturated carbocycles. The first-order valence-corrected chi connectivity index (χ1v) is 8.25. The lowest BCUT2D eigenvalue weighted by Crippen LogP contribution is -2.51. The van der Waals surface area contributed by atoms with E-state index in [1.807, 2.05) is 31.2 Å². The van der Waals surface area contributed by atoms with E-state index in [1.54, 1.807) is 18.0 Å². The van der Waals surface area contributed by atoms with Crippen molar-refractivity contribution in [2.24, 2.45) is 0 Å². The summed E-state index contributed by atoms with van der Waals surface area (Å²) in [7, 11) is 1.60. The molecule has 0 bridgehead atoms. The lowest BCUT2D eigenvalue weighted by Gasteiger charge is -2.34. The van der Waals surface area contributed by atoms with Crippen LogP contribution in [0.1, 0.15) is 35.3 Å². The fraction of sp³-hybridized carbons (Fsp3) is 0.389. The van der Waals surface area contributed by atoms with Gasteiger partial charge in [0.2, 0.25) is 5.91 Å². The van der Waals surface area contributed by atoms with Gasteiger partial charge >= 0.3 is 0 Å². The number of aromatic amines is 1. The lowest BCUT2D eigenvalue weighted by atomic mass is 10.0. The summed E-state index contributed by atoms with van der Waals surface area (Å²) in [6.45, 7) is 2.62. The Kier molecular flexibility index (Phi) is 4.64. The molecule has 0 spiro atoms. The van der Waals surface area contributed by atoms with Crippen molar-refractivity contribution < 1.29 is 9.59 Å². The minimum Gasteiger partial charge on any atom is -0.357 e. The number of likely N-dealkylation sites (N-methyl/N-ethyl adjacent to an activating group) is 1. The number of aryl methyl sites for hydroxylation is 1. The van der Waals surface area contributed by atoms with Crippen molar-refractivity contribution in [3.63, 3.8) is 0 Å². The number of amides is 2. The third kappa shape index (κ3) is 3.18. The Balaban J connectivity index is 1.82. The van der Waals surface area contributed by atoms with Crippen molar-refractivity contribution in [2.45, 2.75) is 32.2 Å². The monoisotopic (exact) mass is 326 g/mol. The maximum atomic E-state index is 12.8. The fourth-order valence-corrected chi connectivity index (χ4v) is 3.07. The Labute approximate surface area is 141 Å².